The van der Waals surface area contributed by atoms with Gasteiger partial charge in [-0.25, -0.2) is 0 Å². The highest BCUT2D eigenvalue weighted by atomic mass is 19.4. The molecule has 0 radical (unpaired) electrons. The number of nitrogen functional groups attached to an aromatic ring is 1. The molecule has 0 saturated heterocycles. The summed E-state index contributed by atoms with van der Waals surface area (Å²) in [6.45, 7) is 0.894. The van der Waals surface area contributed by atoms with E-state index < -0.39 is 18.6 Å². The molecule has 1 heterocycles. The van der Waals surface area contributed by atoms with Crippen molar-refractivity contribution in [3.05, 3.63) is 11.9 Å². The summed E-state index contributed by atoms with van der Waals surface area (Å²) in [6, 6.07) is 0. The first-order valence-corrected chi connectivity index (χ1v) is 4.89. The van der Waals surface area contributed by atoms with Gasteiger partial charge in [0, 0.05) is 19.8 Å². The van der Waals surface area contributed by atoms with Crippen molar-refractivity contribution in [1.82, 2.24) is 14.7 Å². The zero-order valence-corrected chi connectivity index (χ0v) is 9.45. The Hall–Kier alpha value is -1.73. The zero-order chi connectivity index (χ0) is 13.2. The number of alkyl halides is 3. The third kappa shape index (κ3) is 3.36. The van der Waals surface area contributed by atoms with Gasteiger partial charge in [-0.15, -0.1) is 0 Å². The van der Waals surface area contributed by atoms with Crippen molar-refractivity contribution >= 4 is 11.6 Å². The minimum Gasteiger partial charge on any atom is -0.396 e. The largest absolute Gasteiger partial charge is 0.408 e. The van der Waals surface area contributed by atoms with E-state index in [2.05, 4.69) is 5.10 Å². The highest BCUT2D eigenvalue weighted by Crippen LogP contribution is 2.19. The van der Waals surface area contributed by atoms with Gasteiger partial charge in [-0.1, -0.05) is 0 Å². The van der Waals surface area contributed by atoms with E-state index in [1.807, 2.05) is 0 Å². The number of hydrogen-bond donors (Lipinski definition) is 1. The molecule has 0 aliphatic rings. The molecular weight excluding hydrogens is 237 g/mol. The summed E-state index contributed by atoms with van der Waals surface area (Å²) in [5.74, 6) is -0.495. The van der Waals surface area contributed by atoms with Gasteiger partial charge in [-0.2, -0.15) is 18.3 Å². The van der Waals surface area contributed by atoms with Crippen LogP contribution in [-0.2, 0) is 6.54 Å². The summed E-state index contributed by atoms with van der Waals surface area (Å²) < 4.78 is 37.0. The Kier molecular flexibility index (Phi) is 3.64. The SMILES string of the molecule is CCN(C)C(=O)c1nn(CC(F)(F)F)cc1N. The molecule has 1 aromatic rings. The van der Waals surface area contributed by atoms with Crippen LogP contribution in [0.25, 0.3) is 0 Å². The molecule has 0 saturated carbocycles. The Morgan fingerprint density at radius 2 is 2.18 bits per heavy atom. The standard InChI is InChI=1S/C9H13F3N4O/c1-3-15(2)8(17)7-6(13)4-16(14-7)5-9(10,11)12/h4H,3,5,13H2,1-2H3. The second-order valence-electron chi connectivity index (χ2n) is 3.57. The van der Waals surface area contributed by atoms with Crippen molar-refractivity contribution < 1.29 is 18.0 Å². The van der Waals surface area contributed by atoms with Crippen LogP contribution in [0.1, 0.15) is 17.4 Å². The maximum atomic E-state index is 12.1. The second-order valence-corrected chi connectivity index (χ2v) is 3.57. The first-order valence-electron chi connectivity index (χ1n) is 4.89. The number of rotatable bonds is 3. The summed E-state index contributed by atoms with van der Waals surface area (Å²) in [7, 11) is 1.52. The van der Waals surface area contributed by atoms with Crippen LogP contribution in [-0.4, -0.2) is 40.4 Å². The number of carbonyl (C=O) groups is 1. The van der Waals surface area contributed by atoms with Crippen LogP contribution in [0.2, 0.25) is 0 Å². The van der Waals surface area contributed by atoms with Gasteiger partial charge in [-0.05, 0) is 6.92 Å². The number of nitrogens with zero attached hydrogens (tertiary/aromatic N) is 3. The highest BCUT2D eigenvalue weighted by Gasteiger charge is 2.29. The second kappa shape index (κ2) is 4.64. The summed E-state index contributed by atoms with van der Waals surface area (Å²) in [5.41, 5.74) is 5.25. The number of halogens is 3. The number of anilines is 1. The van der Waals surface area contributed by atoms with Gasteiger partial charge in [0.05, 0.1) is 5.69 Å². The molecule has 0 aliphatic carbocycles. The van der Waals surface area contributed by atoms with E-state index in [9.17, 15) is 18.0 Å². The van der Waals surface area contributed by atoms with Crippen LogP contribution >= 0.6 is 0 Å². The van der Waals surface area contributed by atoms with Gasteiger partial charge in [0.2, 0.25) is 0 Å². The third-order valence-corrected chi connectivity index (χ3v) is 2.15. The molecule has 5 nitrogen and oxygen atoms in total. The molecule has 0 aromatic carbocycles. The summed E-state index contributed by atoms with van der Waals surface area (Å²) in [4.78, 5) is 13.0. The molecule has 1 aromatic heterocycles. The zero-order valence-electron chi connectivity index (χ0n) is 9.45. The number of amides is 1. The lowest BCUT2D eigenvalue weighted by Gasteiger charge is -2.12. The Morgan fingerprint density at radius 1 is 1.59 bits per heavy atom. The molecule has 0 fully saturated rings. The van der Waals surface area contributed by atoms with Gasteiger partial charge < -0.3 is 10.6 Å². The van der Waals surface area contributed by atoms with Gasteiger partial charge >= 0.3 is 6.18 Å². The van der Waals surface area contributed by atoms with Crippen molar-refractivity contribution in [3.63, 3.8) is 0 Å². The Balaban J connectivity index is 2.93. The fourth-order valence-corrected chi connectivity index (χ4v) is 1.19. The number of nitrogens with two attached hydrogens (primary N) is 1. The Bertz CT molecular complexity index is 413. The topological polar surface area (TPSA) is 64.2 Å². The van der Waals surface area contributed by atoms with Crippen molar-refractivity contribution in [3.8, 4) is 0 Å². The minimum atomic E-state index is -4.39. The van der Waals surface area contributed by atoms with E-state index in [1.165, 1.54) is 11.9 Å². The van der Waals surface area contributed by atoms with E-state index >= 15 is 0 Å². The average molecular weight is 250 g/mol. The molecule has 8 heteroatoms. The Labute approximate surface area is 96.0 Å². The summed E-state index contributed by atoms with van der Waals surface area (Å²) in [5, 5.41) is 3.54. The van der Waals surface area contributed by atoms with Crippen LogP contribution in [0.4, 0.5) is 18.9 Å². The maximum Gasteiger partial charge on any atom is 0.408 e. The number of hydrogen-bond acceptors (Lipinski definition) is 3. The first kappa shape index (κ1) is 13.3. The Morgan fingerprint density at radius 3 is 2.65 bits per heavy atom. The van der Waals surface area contributed by atoms with E-state index in [1.54, 1.807) is 6.92 Å². The number of carbonyl (C=O) groups excluding carboxylic acids is 1. The van der Waals surface area contributed by atoms with Crippen LogP contribution in [0.15, 0.2) is 6.20 Å². The molecule has 1 rings (SSSR count). The minimum absolute atomic E-state index is 0.0560. The molecule has 17 heavy (non-hydrogen) atoms. The quantitative estimate of drug-likeness (QED) is 0.874. The van der Waals surface area contributed by atoms with Gasteiger partial charge in [-0.3, -0.25) is 9.48 Å². The molecule has 0 unspecified atom stereocenters. The molecule has 96 valence electrons. The molecule has 0 spiro atoms. The van der Waals surface area contributed by atoms with E-state index in [-0.39, 0.29) is 11.4 Å². The van der Waals surface area contributed by atoms with Gasteiger partial charge in [0.15, 0.2) is 5.69 Å². The lowest BCUT2D eigenvalue weighted by atomic mass is 10.3. The van der Waals surface area contributed by atoms with Crippen molar-refractivity contribution in [1.29, 1.82) is 0 Å². The van der Waals surface area contributed by atoms with Crippen molar-refractivity contribution in [2.24, 2.45) is 0 Å². The van der Waals surface area contributed by atoms with Crippen LogP contribution in [0.5, 0.6) is 0 Å². The van der Waals surface area contributed by atoms with E-state index in [0.29, 0.717) is 11.2 Å². The highest BCUT2D eigenvalue weighted by molar-refractivity contribution is 5.96. The lowest BCUT2D eigenvalue weighted by Crippen LogP contribution is -2.27. The lowest BCUT2D eigenvalue weighted by molar-refractivity contribution is -0.142. The molecule has 1 amide bonds. The smallest absolute Gasteiger partial charge is 0.396 e. The summed E-state index contributed by atoms with van der Waals surface area (Å²) in [6.07, 6.45) is -3.39. The fourth-order valence-electron chi connectivity index (χ4n) is 1.19. The predicted octanol–water partition coefficient (Wildman–Crippen LogP) is 1.12. The van der Waals surface area contributed by atoms with Crippen LogP contribution < -0.4 is 5.73 Å². The van der Waals surface area contributed by atoms with Gasteiger partial charge in [0.1, 0.15) is 6.54 Å². The number of aromatic nitrogens is 2. The van der Waals surface area contributed by atoms with Crippen LogP contribution in [0, 0.1) is 0 Å². The van der Waals surface area contributed by atoms with Crippen molar-refractivity contribution in [2.45, 2.75) is 19.6 Å². The normalized spacial score (nSPS) is 11.6. The molecule has 0 atom stereocenters. The maximum absolute atomic E-state index is 12.1. The molecule has 0 bridgehead atoms. The first-order chi connectivity index (χ1) is 7.74. The third-order valence-electron chi connectivity index (χ3n) is 2.15. The van der Waals surface area contributed by atoms with Crippen LogP contribution in [0.3, 0.4) is 0 Å². The van der Waals surface area contributed by atoms with Gasteiger partial charge in [0.25, 0.3) is 5.91 Å². The van der Waals surface area contributed by atoms with Crippen molar-refractivity contribution in [2.75, 3.05) is 19.3 Å². The predicted molar refractivity (Wildman–Crippen MR) is 55.3 cm³/mol. The summed E-state index contributed by atoms with van der Waals surface area (Å²) >= 11 is 0. The average Bonchev–Trinajstić information content (AvgIpc) is 2.54. The van der Waals surface area contributed by atoms with E-state index in [4.69, 9.17) is 5.73 Å². The molecular formula is C9H13F3N4O. The fraction of sp³-hybridized carbons (Fsp3) is 0.556. The molecule has 2 N–H and O–H groups in total. The van der Waals surface area contributed by atoms with E-state index in [0.717, 1.165) is 6.20 Å². The molecule has 0 aliphatic heterocycles. The monoisotopic (exact) mass is 250 g/mol.